The molecule has 2 fully saturated rings. The second-order valence-electron chi connectivity index (χ2n) is 5.63. The normalized spacial score (nSPS) is 20.2. The number of phenolic OH excluding ortho intramolecular Hbond substituents is 1. The third-order valence-corrected chi connectivity index (χ3v) is 5.25. The fourth-order valence-corrected chi connectivity index (χ4v) is 4.37. The van der Waals surface area contributed by atoms with Gasteiger partial charge >= 0.3 is 11.9 Å². The molecular formula is C16H14BrIO5. The van der Waals surface area contributed by atoms with E-state index < -0.39 is 17.7 Å². The largest absolute Gasteiger partial charge is 0.506 e. The summed E-state index contributed by atoms with van der Waals surface area (Å²) in [6.07, 6.45) is 5.16. The molecule has 1 N–H and O–H groups in total. The van der Waals surface area contributed by atoms with E-state index in [-0.39, 0.29) is 11.3 Å². The maximum Gasteiger partial charge on any atom is 0.348 e. The van der Waals surface area contributed by atoms with Crippen molar-refractivity contribution in [3.05, 3.63) is 31.3 Å². The van der Waals surface area contributed by atoms with Crippen LogP contribution in [-0.2, 0) is 19.1 Å². The van der Waals surface area contributed by atoms with E-state index in [1.807, 2.05) is 22.6 Å². The van der Waals surface area contributed by atoms with E-state index in [9.17, 15) is 14.7 Å². The summed E-state index contributed by atoms with van der Waals surface area (Å²) in [5.41, 5.74) is 0.151. The molecule has 0 aromatic heterocycles. The van der Waals surface area contributed by atoms with Crippen LogP contribution in [0.25, 0.3) is 6.08 Å². The van der Waals surface area contributed by atoms with E-state index in [0.29, 0.717) is 22.0 Å². The van der Waals surface area contributed by atoms with E-state index in [2.05, 4.69) is 15.9 Å². The number of phenols is 1. The molecule has 0 bridgehead atoms. The number of halogens is 2. The summed E-state index contributed by atoms with van der Waals surface area (Å²) in [6, 6.07) is 3.35. The molecule has 1 aromatic carbocycles. The van der Waals surface area contributed by atoms with Gasteiger partial charge in [-0.05, 0) is 53.6 Å². The number of esters is 2. The molecule has 2 aliphatic rings. The highest BCUT2D eigenvalue weighted by Crippen LogP contribution is 2.38. The molecule has 1 saturated heterocycles. The summed E-state index contributed by atoms with van der Waals surface area (Å²) in [6.45, 7) is 0. The van der Waals surface area contributed by atoms with Crippen molar-refractivity contribution >= 4 is 56.5 Å². The Balaban J connectivity index is 1.92. The smallest absolute Gasteiger partial charge is 0.348 e. The number of hydrogen-bond acceptors (Lipinski definition) is 5. The van der Waals surface area contributed by atoms with Crippen LogP contribution in [0.1, 0.15) is 37.7 Å². The van der Waals surface area contributed by atoms with E-state index in [1.54, 1.807) is 12.1 Å². The van der Waals surface area contributed by atoms with Crippen molar-refractivity contribution in [2.24, 2.45) is 0 Å². The minimum atomic E-state index is -1.10. The zero-order valence-corrected chi connectivity index (χ0v) is 15.8. The quantitative estimate of drug-likeness (QED) is 0.278. The first kappa shape index (κ1) is 16.8. The third kappa shape index (κ3) is 3.40. The van der Waals surface area contributed by atoms with Gasteiger partial charge in [-0.25, -0.2) is 9.59 Å². The Kier molecular flexibility index (Phi) is 4.68. The van der Waals surface area contributed by atoms with Crippen molar-refractivity contribution in [1.29, 1.82) is 0 Å². The number of carbonyl (C=O) groups excluding carboxylic acids is 2. The third-order valence-electron chi connectivity index (χ3n) is 3.97. The van der Waals surface area contributed by atoms with Gasteiger partial charge in [-0.1, -0.05) is 22.4 Å². The highest BCUT2D eigenvalue weighted by molar-refractivity contribution is 14.1. The molecule has 0 atom stereocenters. The molecule has 0 unspecified atom stereocenters. The van der Waals surface area contributed by atoms with Crippen LogP contribution in [0.3, 0.4) is 0 Å². The predicted molar refractivity (Wildman–Crippen MR) is 94.5 cm³/mol. The first-order valence-electron chi connectivity index (χ1n) is 7.27. The number of benzene rings is 1. The summed E-state index contributed by atoms with van der Waals surface area (Å²) in [7, 11) is 0. The van der Waals surface area contributed by atoms with Gasteiger partial charge in [0.15, 0.2) is 0 Å². The first-order chi connectivity index (χ1) is 10.9. The highest BCUT2D eigenvalue weighted by atomic mass is 127. The van der Waals surface area contributed by atoms with Crippen LogP contribution in [0.4, 0.5) is 0 Å². The van der Waals surface area contributed by atoms with Crippen molar-refractivity contribution in [2.45, 2.75) is 37.9 Å². The Morgan fingerprint density at radius 2 is 1.74 bits per heavy atom. The Morgan fingerprint density at radius 3 is 2.35 bits per heavy atom. The zero-order chi connectivity index (χ0) is 16.6. The first-order valence-corrected chi connectivity index (χ1v) is 9.14. The summed E-state index contributed by atoms with van der Waals surface area (Å²) >= 11 is 5.29. The molecular weight excluding hydrogens is 479 g/mol. The molecule has 1 aliphatic carbocycles. The second kappa shape index (κ2) is 6.43. The van der Waals surface area contributed by atoms with Crippen LogP contribution in [0.5, 0.6) is 5.75 Å². The molecule has 0 radical (unpaired) electrons. The number of rotatable bonds is 1. The van der Waals surface area contributed by atoms with Gasteiger partial charge in [0.25, 0.3) is 5.79 Å². The summed E-state index contributed by atoms with van der Waals surface area (Å²) in [5.74, 6) is -2.49. The van der Waals surface area contributed by atoms with Gasteiger partial charge in [0.2, 0.25) is 0 Å². The van der Waals surface area contributed by atoms with Gasteiger partial charge in [-0.15, -0.1) is 0 Å². The molecule has 1 saturated carbocycles. The van der Waals surface area contributed by atoms with Crippen LogP contribution in [0.2, 0.25) is 0 Å². The standard InChI is InChI=1S/C16H14BrIO5/c17-10-6-9(13(19)12(18)8-10)7-11-14(20)22-16(23-15(11)21)4-2-1-3-5-16/h6-8,19H,1-5H2. The van der Waals surface area contributed by atoms with E-state index in [1.165, 1.54) is 6.08 Å². The van der Waals surface area contributed by atoms with E-state index in [4.69, 9.17) is 9.47 Å². The maximum atomic E-state index is 12.3. The SMILES string of the molecule is O=C1OC2(CCCCC2)OC(=O)C1=Cc1cc(Br)cc(I)c1O. The topological polar surface area (TPSA) is 72.8 Å². The summed E-state index contributed by atoms with van der Waals surface area (Å²) in [4.78, 5) is 24.6. The molecule has 3 rings (SSSR count). The fourth-order valence-electron chi connectivity index (χ4n) is 2.82. The maximum absolute atomic E-state index is 12.3. The Bertz CT molecular complexity index is 685. The van der Waals surface area contributed by atoms with Gasteiger partial charge in [-0.3, -0.25) is 0 Å². The monoisotopic (exact) mass is 492 g/mol. The lowest BCUT2D eigenvalue weighted by molar-refractivity contribution is -0.244. The van der Waals surface area contributed by atoms with Crippen molar-refractivity contribution in [2.75, 3.05) is 0 Å². The van der Waals surface area contributed by atoms with Crippen LogP contribution in [-0.4, -0.2) is 22.8 Å². The lowest BCUT2D eigenvalue weighted by atomic mass is 9.93. The average Bonchev–Trinajstić information content (AvgIpc) is 2.48. The lowest BCUT2D eigenvalue weighted by Crippen LogP contribution is -2.47. The van der Waals surface area contributed by atoms with Gasteiger partial charge < -0.3 is 14.6 Å². The molecule has 5 nitrogen and oxygen atoms in total. The van der Waals surface area contributed by atoms with Crippen LogP contribution < -0.4 is 0 Å². The molecule has 1 aliphatic heterocycles. The lowest BCUT2D eigenvalue weighted by Gasteiger charge is -2.38. The molecule has 122 valence electrons. The number of hydrogen-bond donors (Lipinski definition) is 1. The van der Waals surface area contributed by atoms with Crippen molar-refractivity contribution < 1.29 is 24.2 Å². The molecule has 1 aromatic rings. The Morgan fingerprint density at radius 1 is 1.13 bits per heavy atom. The zero-order valence-electron chi connectivity index (χ0n) is 12.1. The predicted octanol–water partition coefficient (Wildman–Crippen LogP) is 3.90. The van der Waals surface area contributed by atoms with Gasteiger partial charge in [-0.2, -0.15) is 0 Å². The summed E-state index contributed by atoms with van der Waals surface area (Å²) in [5, 5.41) is 10.1. The summed E-state index contributed by atoms with van der Waals surface area (Å²) < 4.78 is 12.2. The molecule has 1 spiro atoms. The van der Waals surface area contributed by atoms with Gasteiger partial charge in [0.1, 0.15) is 11.3 Å². The molecule has 0 amide bonds. The van der Waals surface area contributed by atoms with Crippen molar-refractivity contribution in [3.63, 3.8) is 0 Å². The molecule has 23 heavy (non-hydrogen) atoms. The molecule has 7 heteroatoms. The molecule has 1 heterocycles. The van der Waals surface area contributed by atoms with E-state index in [0.717, 1.165) is 23.7 Å². The van der Waals surface area contributed by atoms with Crippen LogP contribution in [0, 0.1) is 3.57 Å². The van der Waals surface area contributed by atoms with Crippen LogP contribution >= 0.6 is 38.5 Å². The number of carbonyl (C=O) groups is 2. The number of ether oxygens (including phenoxy) is 2. The minimum Gasteiger partial charge on any atom is -0.506 e. The fraction of sp³-hybridized carbons (Fsp3) is 0.375. The van der Waals surface area contributed by atoms with Crippen molar-refractivity contribution in [1.82, 2.24) is 0 Å². The van der Waals surface area contributed by atoms with E-state index >= 15 is 0 Å². The number of aromatic hydroxyl groups is 1. The highest BCUT2D eigenvalue weighted by Gasteiger charge is 2.46. The average molecular weight is 493 g/mol. The second-order valence-corrected chi connectivity index (χ2v) is 7.71. The minimum absolute atomic E-state index is 0.000136. The van der Waals surface area contributed by atoms with Crippen molar-refractivity contribution in [3.8, 4) is 5.75 Å². The Hall–Kier alpha value is -1.09. The van der Waals surface area contributed by atoms with Crippen LogP contribution in [0.15, 0.2) is 22.2 Å². The van der Waals surface area contributed by atoms with Gasteiger partial charge in [0.05, 0.1) is 3.57 Å². The Labute approximate surface area is 155 Å². The van der Waals surface area contributed by atoms with Gasteiger partial charge in [0, 0.05) is 22.9 Å².